The van der Waals surface area contributed by atoms with Gasteiger partial charge >= 0.3 is 0 Å². The molecule has 0 radical (unpaired) electrons. The van der Waals surface area contributed by atoms with E-state index in [1.807, 2.05) is 24.5 Å². The zero-order chi connectivity index (χ0) is 20.0. The van der Waals surface area contributed by atoms with Crippen molar-refractivity contribution in [1.29, 1.82) is 0 Å². The number of benzene rings is 2. The van der Waals surface area contributed by atoms with Gasteiger partial charge in [-0.3, -0.25) is 9.10 Å². The number of carbonyl (C=O) groups is 1. The van der Waals surface area contributed by atoms with E-state index in [1.165, 1.54) is 18.9 Å². The van der Waals surface area contributed by atoms with Crippen LogP contribution in [0, 0.1) is 0 Å². The topological polar surface area (TPSA) is 75.7 Å². The number of thioether (sulfide) groups is 1. The third-order valence-corrected chi connectivity index (χ3v) is 5.98. The lowest BCUT2D eigenvalue weighted by molar-refractivity contribution is -0.117. The summed E-state index contributed by atoms with van der Waals surface area (Å²) in [5.41, 5.74) is 1.05. The van der Waals surface area contributed by atoms with E-state index in [0.29, 0.717) is 23.5 Å². The smallest absolute Gasteiger partial charge is 0.248 e. The Hall–Kier alpha value is -2.19. The van der Waals surface area contributed by atoms with E-state index in [0.717, 1.165) is 15.5 Å². The summed E-state index contributed by atoms with van der Waals surface area (Å²) in [6.45, 7) is 1.78. The van der Waals surface area contributed by atoms with Crippen molar-refractivity contribution in [3.8, 4) is 5.75 Å². The first-order chi connectivity index (χ1) is 12.8. The number of methoxy groups -OCH3 is 1. The second-order valence-corrected chi connectivity index (χ2v) is 8.58. The molecule has 2 aromatic carbocycles. The number of nitrogens with zero attached hydrogens (tertiary/aromatic N) is 1. The maximum atomic E-state index is 13.0. The molecule has 0 saturated carbocycles. The fourth-order valence-corrected chi connectivity index (χ4v) is 4.53. The lowest BCUT2D eigenvalue weighted by atomic mass is 10.1. The Bertz CT molecular complexity index is 900. The van der Waals surface area contributed by atoms with Gasteiger partial charge in [0.1, 0.15) is 11.8 Å². The van der Waals surface area contributed by atoms with Crippen molar-refractivity contribution in [1.82, 2.24) is 0 Å². The summed E-state index contributed by atoms with van der Waals surface area (Å²) in [6.07, 6.45) is 3.33. The van der Waals surface area contributed by atoms with Crippen molar-refractivity contribution in [2.24, 2.45) is 0 Å². The number of nitrogens with one attached hydrogen (secondary N) is 1. The highest BCUT2D eigenvalue weighted by molar-refractivity contribution is 7.98. The normalized spacial score (nSPS) is 12.3. The van der Waals surface area contributed by atoms with Crippen LogP contribution < -0.4 is 14.4 Å². The van der Waals surface area contributed by atoms with Gasteiger partial charge in [-0.1, -0.05) is 25.1 Å². The summed E-state index contributed by atoms with van der Waals surface area (Å²) in [6, 6.07) is 13.2. The van der Waals surface area contributed by atoms with Crippen molar-refractivity contribution < 1.29 is 17.9 Å². The van der Waals surface area contributed by atoms with Crippen LogP contribution in [0.2, 0.25) is 0 Å². The number of hydrogen-bond donors (Lipinski definition) is 1. The minimum absolute atomic E-state index is 0.317. The number of hydrogen-bond acceptors (Lipinski definition) is 5. The zero-order valence-corrected chi connectivity index (χ0v) is 17.4. The molecule has 0 fully saturated rings. The van der Waals surface area contributed by atoms with Crippen LogP contribution in [0.3, 0.4) is 0 Å². The van der Waals surface area contributed by atoms with E-state index in [9.17, 15) is 13.2 Å². The summed E-state index contributed by atoms with van der Waals surface area (Å²) in [5.74, 6) is 0.136. The van der Waals surface area contributed by atoms with Crippen LogP contribution in [0.25, 0.3) is 0 Å². The summed E-state index contributed by atoms with van der Waals surface area (Å²) < 4.78 is 31.4. The Morgan fingerprint density at radius 2 is 1.93 bits per heavy atom. The van der Waals surface area contributed by atoms with Crippen molar-refractivity contribution >= 4 is 39.1 Å². The van der Waals surface area contributed by atoms with Crippen LogP contribution in [0.5, 0.6) is 5.75 Å². The van der Waals surface area contributed by atoms with Crippen molar-refractivity contribution in [3.63, 3.8) is 0 Å². The van der Waals surface area contributed by atoms with Gasteiger partial charge in [0.05, 0.1) is 24.7 Å². The van der Waals surface area contributed by atoms with Crippen LogP contribution >= 0.6 is 11.8 Å². The number of amides is 1. The molecule has 0 unspecified atom stereocenters. The van der Waals surface area contributed by atoms with Crippen molar-refractivity contribution in [3.05, 3.63) is 48.5 Å². The molecule has 6 nitrogen and oxygen atoms in total. The molecular weight excluding hydrogens is 384 g/mol. The first kappa shape index (κ1) is 21.1. The highest BCUT2D eigenvalue weighted by Crippen LogP contribution is 2.28. The molecule has 0 bridgehead atoms. The van der Waals surface area contributed by atoms with Gasteiger partial charge in [0, 0.05) is 11.0 Å². The number of ether oxygens (including phenoxy) is 1. The predicted molar refractivity (Wildman–Crippen MR) is 111 cm³/mol. The van der Waals surface area contributed by atoms with E-state index in [1.54, 1.807) is 37.3 Å². The van der Waals surface area contributed by atoms with Gasteiger partial charge < -0.3 is 10.1 Å². The lowest BCUT2D eigenvalue weighted by Gasteiger charge is -2.30. The average Bonchev–Trinajstić information content (AvgIpc) is 2.65. The third kappa shape index (κ3) is 5.17. The maximum absolute atomic E-state index is 13.0. The molecule has 0 aliphatic rings. The van der Waals surface area contributed by atoms with E-state index in [4.69, 9.17) is 4.74 Å². The second-order valence-electron chi connectivity index (χ2n) is 5.87. The molecule has 0 aromatic heterocycles. The minimum atomic E-state index is -3.70. The highest BCUT2D eigenvalue weighted by atomic mass is 32.2. The number of rotatable bonds is 8. The highest BCUT2D eigenvalue weighted by Gasteiger charge is 2.32. The van der Waals surface area contributed by atoms with Crippen LogP contribution in [-0.2, 0) is 14.8 Å². The number of sulfonamides is 1. The van der Waals surface area contributed by atoms with Gasteiger partial charge in [-0.05, 0) is 36.9 Å². The number of para-hydroxylation sites is 1. The van der Waals surface area contributed by atoms with Gasteiger partial charge in [0.2, 0.25) is 15.9 Å². The summed E-state index contributed by atoms with van der Waals surface area (Å²) in [7, 11) is -2.19. The molecule has 0 spiro atoms. The van der Waals surface area contributed by atoms with Gasteiger partial charge in [-0.25, -0.2) is 8.42 Å². The quantitative estimate of drug-likeness (QED) is 0.676. The van der Waals surface area contributed by atoms with Gasteiger partial charge in [0.25, 0.3) is 0 Å². The fourth-order valence-electron chi connectivity index (χ4n) is 2.77. The Morgan fingerprint density at radius 1 is 1.22 bits per heavy atom. The first-order valence-corrected chi connectivity index (χ1v) is 11.5. The zero-order valence-electron chi connectivity index (χ0n) is 15.8. The third-order valence-electron chi connectivity index (χ3n) is 4.00. The summed E-state index contributed by atoms with van der Waals surface area (Å²) in [4.78, 5) is 13.9. The lowest BCUT2D eigenvalue weighted by Crippen LogP contribution is -2.47. The molecule has 2 aromatic rings. The number of carbonyl (C=O) groups excluding carboxylic acids is 1. The standard InChI is InChI=1S/C19H24N2O4S2/c1-5-17(19(22)20-16-11-6-7-12-18(16)26-3)21(27(4,23)24)14-9-8-10-15(13-14)25-2/h6-13,17H,5H2,1-4H3,(H,20,22)/t17-/m0/s1. The Balaban J connectivity index is 2.41. The maximum Gasteiger partial charge on any atom is 0.248 e. The molecule has 1 amide bonds. The molecule has 1 N–H and O–H groups in total. The fraction of sp³-hybridized carbons (Fsp3) is 0.316. The van der Waals surface area contributed by atoms with E-state index >= 15 is 0 Å². The van der Waals surface area contributed by atoms with Gasteiger partial charge in [0.15, 0.2) is 0 Å². The SMILES string of the molecule is CC[C@@H](C(=O)Nc1ccccc1SC)N(c1cccc(OC)c1)S(C)(=O)=O. The molecule has 8 heteroatoms. The van der Waals surface area contributed by atoms with Crippen LogP contribution in [0.4, 0.5) is 11.4 Å². The van der Waals surface area contributed by atoms with Gasteiger partial charge in [-0.2, -0.15) is 0 Å². The Morgan fingerprint density at radius 3 is 2.52 bits per heavy atom. The average molecular weight is 409 g/mol. The predicted octanol–water partition coefficient (Wildman–Crippen LogP) is 3.60. The molecule has 0 aliphatic carbocycles. The molecule has 2 rings (SSSR count). The molecular formula is C19H24N2O4S2. The molecule has 0 saturated heterocycles. The summed E-state index contributed by atoms with van der Waals surface area (Å²) >= 11 is 1.51. The molecule has 1 atom stereocenters. The van der Waals surface area contributed by atoms with E-state index < -0.39 is 16.1 Å². The van der Waals surface area contributed by atoms with Crippen molar-refractivity contribution in [2.45, 2.75) is 24.3 Å². The van der Waals surface area contributed by atoms with Crippen LogP contribution in [-0.4, -0.2) is 40.0 Å². The monoisotopic (exact) mass is 408 g/mol. The Labute approximate surface area is 165 Å². The Kier molecular flexibility index (Phi) is 7.15. The largest absolute Gasteiger partial charge is 0.497 e. The van der Waals surface area contributed by atoms with Crippen molar-refractivity contribution in [2.75, 3.05) is 29.2 Å². The molecule has 0 heterocycles. The van der Waals surface area contributed by atoms with E-state index in [-0.39, 0.29) is 5.91 Å². The second kappa shape index (κ2) is 9.14. The van der Waals surface area contributed by atoms with Crippen LogP contribution in [0.1, 0.15) is 13.3 Å². The molecule has 27 heavy (non-hydrogen) atoms. The minimum Gasteiger partial charge on any atom is -0.497 e. The van der Waals surface area contributed by atoms with Gasteiger partial charge in [-0.15, -0.1) is 11.8 Å². The number of anilines is 2. The summed E-state index contributed by atoms with van der Waals surface area (Å²) in [5, 5.41) is 2.87. The molecule has 146 valence electrons. The molecule has 0 aliphatic heterocycles. The van der Waals surface area contributed by atoms with E-state index in [2.05, 4.69) is 5.32 Å². The first-order valence-electron chi connectivity index (χ1n) is 8.39. The van der Waals surface area contributed by atoms with Crippen LogP contribution in [0.15, 0.2) is 53.4 Å².